The van der Waals surface area contributed by atoms with Crippen LogP contribution < -0.4 is 5.32 Å². The first kappa shape index (κ1) is 15.4. The molecule has 0 amide bonds. The molecule has 1 aromatic heterocycles. The van der Waals surface area contributed by atoms with E-state index < -0.39 is 0 Å². The Bertz CT molecular complexity index is 377. The number of hydrogen-bond acceptors (Lipinski definition) is 4. The first-order valence-electron chi connectivity index (χ1n) is 6.74. The van der Waals surface area contributed by atoms with Gasteiger partial charge in [-0.2, -0.15) is 0 Å². The van der Waals surface area contributed by atoms with Crippen LogP contribution in [0.1, 0.15) is 17.7 Å². The Labute approximate surface area is 127 Å². The number of methoxy groups -OCH3 is 1. The molecule has 1 aliphatic rings. The van der Waals surface area contributed by atoms with E-state index in [0.717, 1.165) is 39.3 Å². The molecule has 0 aromatic carbocycles. The summed E-state index contributed by atoms with van der Waals surface area (Å²) in [5.41, 5.74) is 0.246. The second-order valence-electron chi connectivity index (χ2n) is 5.23. The van der Waals surface area contributed by atoms with E-state index in [4.69, 9.17) is 9.47 Å². The van der Waals surface area contributed by atoms with E-state index >= 15 is 0 Å². The maximum atomic E-state index is 5.74. The molecule has 0 bridgehead atoms. The second-order valence-corrected chi connectivity index (χ2v) is 7.15. The highest BCUT2D eigenvalue weighted by molar-refractivity contribution is 9.10. The van der Waals surface area contributed by atoms with Gasteiger partial charge in [0, 0.05) is 47.0 Å². The number of halogens is 1. The minimum Gasteiger partial charge on any atom is -0.383 e. The SMILES string of the molecule is COCCNCC1(Cc2cc(Br)cs2)CCCOC1. The molecule has 2 rings (SSSR count). The molecule has 5 heteroatoms. The lowest BCUT2D eigenvalue weighted by atomic mass is 9.79. The summed E-state index contributed by atoms with van der Waals surface area (Å²) in [5, 5.41) is 5.67. The Hall–Kier alpha value is 0.0600. The maximum absolute atomic E-state index is 5.74. The highest BCUT2D eigenvalue weighted by Crippen LogP contribution is 2.34. The summed E-state index contributed by atoms with van der Waals surface area (Å²) in [5.74, 6) is 0. The fourth-order valence-corrected chi connectivity index (χ4v) is 4.22. The lowest BCUT2D eigenvalue weighted by molar-refractivity contribution is -0.00729. The van der Waals surface area contributed by atoms with E-state index in [1.54, 1.807) is 7.11 Å². The predicted molar refractivity (Wildman–Crippen MR) is 83.0 cm³/mol. The van der Waals surface area contributed by atoms with Crippen molar-refractivity contribution < 1.29 is 9.47 Å². The molecule has 1 fully saturated rings. The average molecular weight is 348 g/mol. The summed E-state index contributed by atoms with van der Waals surface area (Å²) in [6.45, 7) is 4.45. The third-order valence-electron chi connectivity index (χ3n) is 3.56. The van der Waals surface area contributed by atoms with Crippen LogP contribution in [0, 0.1) is 5.41 Å². The van der Waals surface area contributed by atoms with Gasteiger partial charge in [-0.1, -0.05) is 0 Å². The molecule has 1 unspecified atom stereocenters. The van der Waals surface area contributed by atoms with Crippen LogP contribution in [0.3, 0.4) is 0 Å². The summed E-state index contributed by atoms with van der Waals surface area (Å²) in [6, 6.07) is 2.23. The van der Waals surface area contributed by atoms with Gasteiger partial charge in [0.15, 0.2) is 0 Å². The Morgan fingerprint density at radius 3 is 3.11 bits per heavy atom. The van der Waals surface area contributed by atoms with Crippen molar-refractivity contribution in [3.8, 4) is 0 Å². The Morgan fingerprint density at radius 2 is 2.47 bits per heavy atom. The number of nitrogens with one attached hydrogen (secondary N) is 1. The first-order chi connectivity index (χ1) is 9.24. The zero-order valence-corrected chi connectivity index (χ0v) is 13.8. The molecule has 19 heavy (non-hydrogen) atoms. The predicted octanol–water partition coefficient (Wildman–Crippen LogP) is 3.09. The van der Waals surface area contributed by atoms with Gasteiger partial charge in [-0.15, -0.1) is 11.3 Å². The van der Waals surface area contributed by atoms with Gasteiger partial charge >= 0.3 is 0 Å². The molecule has 1 atom stereocenters. The highest BCUT2D eigenvalue weighted by atomic mass is 79.9. The Balaban J connectivity index is 1.93. The molecular weight excluding hydrogens is 326 g/mol. The molecule has 108 valence electrons. The molecule has 1 N–H and O–H groups in total. The molecule has 0 radical (unpaired) electrons. The van der Waals surface area contributed by atoms with Crippen LogP contribution in [-0.4, -0.2) is 40.0 Å². The molecule has 1 aromatic rings. The van der Waals surface area contributed by atoms with Crippen molar-refractivity contribution in [1.82, 2.24) is 5.32 Å². The van der Waals surface area contributed by atoms with Crippen molar-refractivity contribution in [3.63, 3.8) is 0 Å². The van der Waals surface area contributed by atoms with Crippen molar-refractivity contribution in [3.05, 3.63) is 20.8 Å². The van der Waals surface area contributed by atoms with E-state index in [9.17, 15) is 0 Å². The molecule has 0 spiro atoms. The largest absolute Gasteiger partial charge is 0.383 e. The minimum absolute atomic E-state index is 0.246. The van der Waals surface area contributed by atoms with E-state index in [0.29, 0.717) is 0 Å². The van der Waals surface area contributed by atoms with Crippen LogP contribution >= 0.6 is 27.3 Å². The van der Waals surface area contributed by atoms with Gasteiger partial charge in [0.1, 0.15) is 0 Å². The van der Waals surface area contributed by atoms with Gasteiger partial charge in [0.2, 0.25) is 0 Å². The number of thiophene rings is 1. The summed E-state index contributed by atoms with van der Waals surface area (Å²) in [6.07, 6.45) is 3.50. The normalized spacial score (nSPS) is 23.7. The van der Waals surface area contributed by atoms with Crippen molar-refractivity contribution >= 4 is 27.3 Å². The highest BCUT2D eigenvalue weighted by Gasteiger charge is 2.33. The van der Waals surface area contributed by atoms with Crippen LogP contribution in [0.4, 0.5) is 0 Å². The lowest BCUT2D eigenvalue weighted by Gasteiger charge is -2.37. The van der Waals surface area contributed by atoms with Crippen molar-refractivity contribution in [1.29, 1.82) is 0 Å². The Morgan fingerprint density at radius 1 is 1.58 bits per heavy atom. The van der Waals surface area contributed by atoms with Crippen LogP contribution in [-0.2, 0) is 15.9 Å². The van der Waals surface area contributed by atoms with Crippen LogP contribution in [0.2, 0.25) is 0 Å². The molecular formula is C14H22BrNO2S. The van der Waals surface area contributed by atoms with Crippen molar-refractivity contribution in [2.45, 2.75) is 19.3 Å². The van der Waals surface area contributed by atoms with Gasteiger partial charge < -0.3 is 14.8 Å². The topological polar surface area (TPSA) is 30.5 Å². The van der Waals surface area contributed by atoms with Crippen molar-refractivity contribution in [2.75, 3.05) is 40.0 Å². The smallest absolute Gasteiger partial charge is 0.0587 e. The van der Waals surface area contributed by atoms with Gasteiger partial charge in [0.25, 0.3) is 0 Å². The third-order valence-corrected chi connectivity index (χ3v) is 5.26. The van der Waals surface area contributed by atoms with Crippen LogP contribution in [0.15, 0.2) is 15.9 Å². The lowest BCUT2D eigenvalue weighted by Crippen LogP contribution is -2.43. The molecule has 3 nitrogen and oxygen atoms in total. The molecule has 0 aliphatic carbocycles. The third kappa shape index (κ3) is 4.83. The van der Waals surface area contributed by atoms with E-state index in [1.165, 1.54) is 22.2 Å². The van der Waals surface area contributed by atoms with Gasteiger partial charge in [-0.25, -0.2) is 0 Å². The fraction of sp³-hybridized carbons (Fsp3) is 0.714. The van der Waals surface area contributed by atoms with Crippen LogP contribution in [0.5, 0.6) is 0 Å². The summed E-state index contributed by atoms with van der Waals surface area (Å²) in [7, 11) is 1.74. The summed E-state index contributed by atoms with van der Waals surface area (Å²) >= 11 is 5.37. The molecule has 1 saturated heterocycles. The number of rotatable bonds is 7. The quantitative estimate of drug-likeness (QED) is 0.768. The molecule has 1 aliphatic heterocycles. The fourth-order valence-electron chi connectivity index (χ4n) is 2.60. The monoisotopic (exact) mass is 347 g/mol. The van der Waals surface area contributed by atoms with Gasteiger partial charge in [0.05, 0.1) is 13.2 Å². The summed E-state index contributed by atoms with van der Waals surface area (Å²) < 4.78 is 12.0. The standard InChI is InChI=1S/C14H22BrNO2S/c1-17-6-4-16-10-14(3-2-5-18-11-14)8-13-7-12(15)9-19-13/h7,9,16H,2-6,8,10-11H2,1H3. The van der Waals surface area contributed by atoms with Gasteiger partial charge in [-0.3, -0.25) is 0 Å². The maximum Gasteiger partial charge on any atom is 0.0587 e. The molecule has 2 heterocycles. The van der Waals surface area contributed by atoms with E-state index in [-0.39, 0.29) is 5.41 Å². The number of ether oxygens (including phenoxy) is 2. The Kier molecular flexibility index (Phi) is 6.29. The zero-order chi connectivity index (χ0) is 13.6. The van der Waals surface area contributed by atoms with E-state index in [2.05, 4.69) is 32.7 Å². The number of hydrogen-bond donors (Lipinski definition) is 1. The zero-order valence-electron chi connectivity index (χ0n) is 11.4. The van der Waals surface area contributed by atoms with Crippen molar-refractivity contribution in [2.24, 2.45) is 5.41 Å². The minimum atomic E-state index is 0.246. The van der Waals surface area contributed by atoms with Gasteiger partial charge in [-0.05, 0) is 41.3 Å². The average Bonchev–Trinajstić information content (AvgIpc) is 2.81. The molecule has 0 saturated carbocycles. The van der Waals surface area contributed by atoms with Crippen LogP contribution in [0.25, 0.3) is 0 Å². The second kappa shape index (κ2) is 7.74. The first-order valence-corrected chi connectivity index (χ1v) is 8.42. The van der Waals surface area contributed by atoms with E-state index in [1.807, 2.05) is 11.3 Å². The summed E-state index contributed by atoms with van der Waals surface area (Å²) in [4.78, 5) is 1.44.